The smallest absolute Gasteiger partial charge is 0.262 e. The Morgan fingerprint density at radius 3 is 2.77 bits per heavy atom. The molecule has 0 bridgehead atoms. The van der Waals surface area contributed by atoms with Gasteiger partial charge >= 0.3 is 0 Å². The average Bonchev–Trinajstić information content (AvgIpc) is 3.14. The van der Waals surface area contributed by atoms with E-state index in [1.165, 1.54) is 17.1 Å². The van der Waals surface area contributed by atoms with Crippen LogP contribution in [0.15, 0.2) is 48.8 Å². The quantitative estimate of drug-likeness (QED) is 0.684. The molecule has 0 saturated carbocycles. The number of anilines is 1. The lowest BCUT2D eigenvalue weighted by Gasteiger charge is -2.10. The van der Waals surface area contributed by atoms with Gasteiger partial charge in [0.2, 0.25) is 5.91 Å². The average molecular weight is 352 g/mol. The summed E-state index contributed by atoms with van der Waals surface area (Å²) in [4.78, 5) is 23.2. The molecule has 0 aliphatic carbocycles. The van der Waals surface area contributed by atoms with Gasteiger partial charge in [-0.2, -0.15) is 0 Å². The van der Waals surface area contributed by atoms with E-state index in [1.807, 2.05) is 13.0 Å². The predicted molar refractivity (Wildman–Crippen MR) is 93.0 cm³/mol. The summed E-state index contributed by atoms with van der Waals surface area (Å²) in [5, 5.41) is 13.8. The van der Waals surface area contributed by atoms with Gasteiger partial charge in [-0.05, 0) is 59.3 Å². The Hall–Kier alpha value is -3.75. The van der Waals surface area contributed by atoms with Gasteiger partial charge in [-0.3, -0.25) is 9.59 Å². The predicted octanol–water partition coefficient (Wildman–Crippen LogP) is 1.09. The fourth-order valence-electron chi connectivity index (χ4n) is 2.35. The fourth-order valence-corrected chi connectivity index (χ4v) is 2.35. The van der Waals surface area contributed by atoms with Crippen LogP contribution in [0, 0.1) is 6.92 Å². The van der Waals surface area contributed by atoms with Crippen molar-refractivity contribution in [2.75, 3.05) is 11.9 Å². The number of nitrogens with zero attached hydrogens (tertiary/aromatic N) is 4. The maximum absolute atomic E-state index is 12.1. The Bertz CT molecular complexity index is 939. The molecule has 26 heavy (non-hydrogen) atoms. The Kier molecular flexibility index (Phi) is 4.88. The van der Waals surface area contributed by atoms with Crippen LogP contribution in [0.2, 0.25) is 0 Å². The molecular formula is C17H16N6O3. The lowest BCUT2D eigenvalue weighted by Crippen LogP contribution is -2.20. The van der Waals surface area contributed by atoms with Gasteiger partial charge in [-0.25, -0.2) is 4.68 Å². The summed E-state index contributed by atoms with van der Waals surface area (Å²) in [7, 11) is 0. The number of carbonyl (C=O) groups is 2. The summed E-state index contributed by atoms with van der Waals surface area (Å²) in [6.45, 7) is 1.69. The van der Waals surface area contributed by atoms with Crippen LogP contribution >= 0.6 is 0 Å². The number of amides is 2. The number of hydrogen-bond donors (Lipinski definition) is 2. The molecule has 1 heterocycles. The number of aryl methyl sites for hydroxylation is 1. The fraction of sp³-hybridized carbons (Fsp3) is 0.118. The van der Waals surface area contributed by atoms with Crippen molar-refractivity contribution in [1.82, 2.24) is 20.2 Å². The molecule has 2 amide bonds. The summed E-state index contributed by atoms with van der Waals surface area (Å²) in [5.41, 5.74) is 7.86. The molecule has 2 aromatic carbocycles. The molecule has 0 radical (unpaired) electrons. The number of nitrogens with two attached hydrogens (primary N) is 1. The van der Waals surface area contributed by atoms with E-state index >= 15 is 0 Å². The van der Waals surface area contributed by atoms with E-state index in [0.29, 0.717) is 17.0 Å². The molecular weight excluding hydrogens is 336 g/mol. The normalized spacial score (nSPS) is 10.3. The van der Waals surface area contributed by atoms with E-state index in [1.54, 1.807) is 30.3 Å². The zero-order valence-electron chi connectivity index (χ0n) is 13.9. The zero-order valence-corrected chi connectivity index (χ0v) is 13.9. The highest BCUT2D eigenvalue weighted by Crippen LogP contribution is 2.18. The number of carbonyl (C=O) groups excluding carboxylic acids is 2. The van der Waals surface area contributed by atoms with Gasteiger partial charge in [0.05, 0.1) is 5.69 Å². The summed E-state index contributed by atoms with van der Waals surface area (Å²) in [6, 6.07) is 11.7. The van der Waals surface area contributed by atoms with Crippen LogP contribution in [0.5, 0.6) is 5.75 Å². The third kappa shape index (κ3) is 4.01. The molecule has 0 aliphatic rings. The molecule has 0 unspecified atom stereocenters. The largest absolute Gasteiger partial charge is 0.484 e. The van der Waals surface area contributed by atoms with Crippen LogP contribution in [-0.2, 0) is 4.79 Å². The molecule has 3 aromatic rings. The summed E-state index contributed by atoms with van der Waals surface area (Å²) in [6.07, 6.45) is 1.49. The third-order valence-electron chi connectivity index (χ3n) is 3.56. The van der Waals surface area contributed by atoms with Gasteiger partial charge in [-0.1, -0.05) is 6.07 Å². The third-order valence-corrected chi connectivity index (χ3v) is 3.56. The van der Waals surface area contributed by atoms with Crippen molar-refractivity contribution < 1.29 is 14.3 Å². The van der Waals surface area contributed by atoms with E-state index in [0.717, 1.165) is 11.3 Å². The minimum absolute atomic E-state index is 0.198. The first kappa shape index (κ1) is 17.1. The highest BCUT2D eigenvalue weighted by atomic mass is 16.5. The van der Waals surface area contributed by atoms with Crippen LogP contribution < -0.4 is 15.8 Å². The summed E-state index contributed by atoms with van der Waals surface area (Å²) < 4.78 is 6.93. The van der Waals surface area contributed by atoms with Crippen molar-refractivity contribution in [2.24, 2.45) is 5.73 Å². The Morgan fingerprint density at radius 1 is 1.23 bits per heavy atom. The molecule has 0 spiro atoms. The minimum Gasteiger partial charge on any atom is -0.484 e. The number of benzene rings is 2. The molecule has 9 nitrogen and oxygen atoms in total. The second kappa shape index (κ2) is 7.43. The molecule has 0 atom stereocenters. The maximum atomic E-state index is 12.1. The van der Waals surface area contributed by atoms with Gasteiger partial charge in [0, 0.05) is 11.3 Å². The lowest BCUT2D eigenvalue weighted by atomic mass is 10.2. The van der Waals surface area contributed by atoms with Crippen LogP contribution in [0.4, 0.5) is 5.69 Å². The van der Waals surface area contributed by atoms with Crippen LogP contribution in [0.1, 0.15) is 15.9 Å². The first-order chi connectivity index (χ1) is 12.5. The van der Waals surface area contributed by atoms with E-state index in [-0.39, 0.29) is 12.5 Å². The molecule has 132 valence electrons. The van der Waals surface area contributed by atoms with Crippen LogP contribution in [0.25, 0.3) is 5.69 Å². The number of primary amides is 1. The maximum Gasteiger partial charge on any atom is 0.262 e. The second-order valence-corrected chi connectivity index (χ2v) is 5.48. The van der Waals surface area contributed by atoms with E-state index in [9.17, 15) is 9.59 Å². The molecule has 0 fully saturated rings. The number of rotatable bonds is 6. The lowest BCUT2D eigenvalue weighted by molar-refractivity contribution is -0.118. The Balaban J connectivity index is 1.61. The van der Waals surface area contributed by atoms with Gasteiger partial charge in [0.15, 0.2) is 6.61 Å². The second-order valence-electron chi connectivity index (χ2n) is 5.48. The van der Waals surface area contributed by atoms with Crippen molar-refractivity contribution in [3.05, 3.63) is 59.9 Å². The van der Waals surface area contributed by atoms with E-state index in [2.05, 4.69) is 20.8 Å². The van der Waals surface area contributed by atoms with E-state index < -0.39 is 5.91 Å². The van der Waals surface area contributed by atoms with Gasteiger partial charge in [0.25, 0.3) is 5.91 Å². The Labute approximate surface area is 148 Å². The van der Waals surface area contributed by atoms with Crippen molar-refractivity contribution in [3.63, 3.8) is 0 Å². The highest BCUT2D eigenvalue weighted by molar-refractivity contribution is 5.93. The first-order valence-corrected chi connectivity index (χ1v) is 7.69. The van der Waals surface area contributed by atoms with Crippen molar-refractivity contribution in [1.29, 1.82) is 0 Å². The molecule has 3 N–H and O–H groups in total. The van der Waals surface area contributed by atoms with Crippen LogP contribution in [-0.4, -0.2) is 38.6 Å². The summed E-state index contributed by atoms with van der Waals surface area (Å²) in [5.74, 6) is -0.497. The number of hydrogen-bond acceptors (Lipinski definition) is 6. The van der Waals surface area contributed by atoms with Crippen molar-refractivity contribution in [3.8, 4) is 11.4 Å². The van der Waals surface area contributed by atoms with Gasteiger partial charge in [0.1, 0.15) is 12.1 Å². The van der Waals surface area contributed by atoms with E-state index in [4.69, 9.17) is 10.5 Å². The van der Waals surface area contributed by atoms with Gasteiger partial charge in [-0.15, -0.1) is 5.10 Å². The van der Waals surface area contributed by atoms with Crippen LogP contribution in [0.3, 0.4) is 0 Å². The minimum atomic E-state index is -0.557. The molecule has 9 heteroatoms. The van der Waals surface area contributed by atoms with Gasteiger partial charge < -0.3 is 15.8 Å². The number of tetrazole rings is 1. The molecule has 3 rings (SSSR count). The topological polar surface area (TPSA) is 125 Å². The number of aromatic nitrogens is 4. The number of nitrogens with one attached hydrogen (secondary N) is 1. The molecule has 0 saturated heterocycles. The zero-order chi connectivity index (χ0) is 18.5. The van der Waals surface area contributed by atoms with Crippen molar-refractivity contribution >= 4 is 17.5 Å². The highest BCUT2D eigenvalue weighted by Gasteiger charge is 2.08. The molecule has 1 aromatic heterocycles. The molecule has 0 aliphatic heterocycles. The SMILES string of the molecule is Cc1cc(NC(=O)COc2cccc(C(N)=O)c2)ccc1-n1cnnn1. The standard InChI is InChI=1S/C17H16N6O3/c1-11-7-13(5-6-15(11)23-10-19-21-22-23)20-16(24)9-26-14-4-2-3-12(8-14)17(18)25/h2-8,10H,9H2,1H3,(H2,18,25)(H,20,24). The first-order valence-electron chi connectivity index (χ1n) is 7.69. The Morgan fingerprint density at radius 2 is 2.08 bits per heavy atom. The number of ether oxygens (including phenoxy) is 1. The summed E-state index contributed by atoms with van der Waals surface area (Å²) >= 11 is 0. The monoisotopic (exact) mass is 352 g/mol. The van der Waals surface area contributed by atoms with Crippen molar-refractivity contribution in [2.45, 2.75) is 6.92 Å².